The number of primary amides is 1. The molecule has 2 aromatic rings. The number of carbonyl (C=O) groups excluding carboxylic acids is 2. The molecule has 1 saturated heterocycles. The molecule has 0 aromatic carbocycles. The van der Waals surface area contributed by atoms with E-state index in [1.54, 1.807) is 30.0 Å². The topological polar surface area (TPSA) is 94.4 Å². The van der Waals surface area contributed by atoms with Crippen molar-refractivity contribution in [3.05, 3.63) is 41.9 Å². The van der Waals surface area contributed by atoms with Crippen LogP contribution < -0.4 is 5.73 Å². The Kier molecular flexibility index (Phi) is 4.18. The van der Waals surface area contributed by atoms with Crippen LogP contribution in [0.25, 0.3) is 0 Å². The minimum Gasteiger partial charge on any atom is -0.469 e. The summed E-state index contributed by atoms with van der Waals surface area (Å²) in [5.74, 6) is 1.13. The van der Waals surface area contributed by atoms with Crippen molar-refractivity contribution in [1.29, 1.82) is 0 Å². The van der Waals surface area contributed by atoms with Crippen molar-refractivity contribution >= 4 is 11.8 Å². The summed E-state index contributed by atoms with van der Waals surface area (Å²) in [6, 6.07) is 1.70. The Morgan fingerprint density at radius 1 is 1.48 bits per heavy atom. The Balaban J connectivity index is 1.76. The van der Waals surface area contributed by atoms with Gasteiger partial charge in [0, 0.05) is 31.4 Å². The normalized spacial score (nSPS) is 18.1. The van der Waals surface area contributed by atoms with Gasteiger partial charge in [-0.1, -0.05) is 0 Å². The fraction of sp³-hybridized carbons (Fsp3) is 0.438. The van der Waals surface area contributed by atoms with E-state index in [9.17, 15) is 9.59 Å². The minimum atomic E-state index is -0.401. The van der Waals surface area contributed by atoms with E-state index >= 15 is 0 Å². The molecule has 122 valence electrons. The van der Waals surface area contributed by atoms with E-state index in [2.05, 4.69) is 4.98 Å². The predicted octanol–water partition coefficient (Wildman–Crippen LogP) is 1.29. The highest BCUT2D eigenvalue weighted by atomic mass is 16.3. The smallest absolute Gasteiger partial charge is 0.257 e. The molecule has 0 bridgehead atoms. The Labute approximate surface area is 134 Å². The van der Waals surface area contributed by atoms with Gasteiger partial charge in [0.15, 0.2) is 0 Å². The maximum absolute atomic E-state index is 12.6. The van der Waals surface area contributed by atoms with Crippen LogP contribution in [0.5, 0.6) is 0 Å². The molecule has 0 radical (unpaired) electrons. The number of furan rings is 1. The lowest BCUT2D eigenvalue weighted by molar-refractivity contribution is -0.118. The monoisotopic (exact) mass is 316 g/mol. The number of hydrogen-bond donors (Lipinski definition) is 1. The summed E-state index contributed by atoms with van der Waals surface area (Å²) in [5, 5.41) is 0. The number of likely N-dealkylation sites (tertiary alicyclic amines) is 1. The average molecular weight is 316 g/mol. The van der Waals surface area contributed by atoms with Gasteiger partial charge >= 0.3 is 0 Å². The summed E-state index contributed by atoms with van der Waals surface area (Å²) in [4.78, 5) is 30.0. The molecule has 2 amide bonds. The molecule has 2 aromatic heterocycles. The van der Waals surface area contributed by atoms with Gasteiger partial charge in [0.1, 0.15) is 18.1 Å². The van der Waals surface area contributed by atoms with Crippen LogP contribution in [-0.2, 0) is 11.3 Å². The third-order valence-corrected chi connectivity index (χ3v) is 4.24. The third-order valence-electron chi connectivity index (χ3n) is 4.24. The lowest BCUT2D eigenvalue weighted by Gasteiger charge is -2.32. The van der Waals surface area contributed by atoms with Crippen LogP contribution in [0.2, 0.25) is 0 Å². The summed E-state index contributed by atoms with van der Waals surface area (Å²) in [6.45, 7) is 3.20. The molecule has 1 aliphatic rings. The number of aryl methyl sites for hydroxylation is 1. The average Bonchev–Trinajstić information content (AvgIpc) is 3.15. The molecule has 23 heavy (non-hydrogen) atoms. The molecule has 7 heteroatoms. The summed E-state index contributed by atoms with van der Waals surface area (Å²) >= 11 is 0. The lowest BCUT2D eigenvalue weighted by atomic mass is 9.96. The number of piperidine rings is 1. The molecular formula is C16H20N4O3. The van der Waals surface area contributed by atoms with Crippen molar-refractivity contribution in [3.8, 4) is 0 Å². The van der Waals surface area contributed by atoms with Crippen molar-refractivity contribution in [3.63, 3.8) is 0 Å². The number of amides is 2. The number of nitrogens with zero attached hydrogens (tertiary/aromatic N) is 3. The number of hydrogen-bond acceptors (Lipinski definition) is 4. The van der Waals surface area contributed by atoms with Gasteiger partial charge in [0.25, 0.3) is 5.91 Å². The zero-order valence-corrected chi connectivity index (χ0v) is 13.1. The minimum absolute atomic E-state index is 0.0195. The number of carbonyl (C=O) groups is 2. The molecule has 7 nitrogen and oxygen atoms in total. The van der Waals surface area contributed by atoms with Gasteiger partial charge in [0.2, 0.25) is 5.91 Å². The molecule has 0 unspecified atom stereocenters. The standard InChI is InChI=1S/C16H20N4O3/c1-11-13(4-8-23-11)16(22)20-6-2-3-12(9-20)15-18-5-7-19(15)10-14(17)21/h4-5,7-8,12H,2-3,6,9-10H2,1H3,(H2,17,21)/t12-/m0/s1. The SMILES string of the molecule is Cc1occc1C(=O)N1CCC[C@H](c2nccn2CC(N)=O)C1. The third kappa shape index (κ3) is 3.13. The van der Waals surface area contributed by atoms with E-state index in [4.69, 9.17) is 10.2 Å². The maximum Gasteiger partial charge on any atom is 0.257 e. The van der Waals surface area contributed by atoms with Crippen LogP contribution in [0.4, 0.5) is 0 Å². The first kappa shape index (κ1) is 15.3. The van der Waals surface area contributed by atoms with Gasteiger partial charge in [-0.05, 0) is 25.8 Å². The van der Waals surface area contributed by atoms with Crippen molar-refractivity contribution in [2.24, 2.45) is 5.73 Å². The van der Waals surface area contributed by atoms with Crippen molar-refractivity contribution < 1.29 is 14.0 Å². The first-order valence-electron chi connectivity index (χ1n) is 7.69. The van der Waals surface area contributed by atoms with Gasteiger partial charge in [-0.15, -0.1) is 0 Å². The zero-order chi connectivity index (χ0) is 16.4. The van der Waals surface area contributed by atoms with E-state index in [-0.39, 0.29) is 18.4 Å². The number of nitrogens with two attached hydrogens (primary N) is 1. The number of rotatable bonds is 4. The number of imidazole rings is 1. The van der Waals surface area contributed by atoms with Crippen LogP contribution in [0, 0.1) is 6.92 Å². The Morgan fingerprint density at radius 2 is 2.30 bits per heavy atom. The molecule has 0 aliphatic carbocycles. The van der Waals surface area contributed by atoms with Crippen molar-refractivity contribution in [2.75, 3.05) is 13.1 Å². The van der Waals surface area contributed by atoms with Gasteiger partial charge in [0.05, 0.1) is 11.8 Å². The van der Waals surface area contributed by atoms with Gasteiger partial charge in [-0.2, -0.15) is 0 Å². The van der Waals surface area contributed by atoms with E-state index in [1.807, 2.05) is 4.90 Å². The van der Waals surface area contributed by atoms with Gasteiger partial charge in [-0.25, -0.2) is 4.98 Å². The highest BCUT2D eigenvalue weighted by Crippen LogP contribution is 2.27. The molecule has 3 rings (SSSR count). The fourth-order valence-electron chi connectivity index (χ4n) is 3.13. The zero-order valence-electron chi connectivity index (χ0n) is 13.1. The molecule has 0 saturated carbocycles. The highest BCUT2D eigenvalue weighted by Gasteiger charge is 2.29. The molecule has 1 aliphatic heterocycles. The van der Waals surface area contributed by atoms with E-state index < -0.39 is 5.91 Å². The molecule has 0 spiro atoms. The molecule has 2 N–H and O–H groups in total. The van der Waals surface area contributed by atoms with Crippen LogP contribution in [0.3, 0.4) is 0 Å². The Bertz CT molecular complexity index is 718. The molecular weight excluding hydrogens is 296 g/mol. The van der Waals surface area contributed by atoms with Gasteiger partial charge < -0.3 is 19.6 Å². The van der Waals surface area contributed by atoms with Crippen molar-refractivity contribution in [1.82, 2.24) is 14.5 Å². The molecule has 1 fully saturated rings. The summed E-state index contributed by atoms with van der Waals surface area (Å²) in [5.41, 5.74) is 5.88. The van der Waals surface area contributed by atoms with E-state index in [0.29, 0.717) is 17.9 Å². The van der Waals surface area contributed by atoms with E-state index in [0.717, 1.165) is 25.2 Å². The second-order valence-electron chi connectivity index (χ2n) is 5.86. The Hall–Kier alpha value is -2.57. The quantitative estimate of drug-likeness (QED) is 0.919. The highest BCUT2D eigenvalue weighted by molar-refractivity contribution is 5.95. The fourth-order valence-corrected chi connectivity index (χ4v) is 3.13. The molecule has 1 atom stereocenters. The predicted molar refractivity (Wildman–Crippen MR) is 82.7 cm³/mol. The van der Waals surface area contributed by atoms with Crippen LogP contribution in [0.1, 0.15) is 40.7 Å². The van der Waals surface area contributed by atoms with Crippen LogP contribution >= 0.6 is 0 Å². The first-order valence-corrected chi connectivity index (χ1v) is 7.69. The molecule has 3 heterocycles. The summed E-state index contributed by atoms with van der Waals surface area (Å²) in [7, 11) is 0. The second-order valence-corrected chi connectivity index (χ2v) is 5.86. The van der Waals surface area contributed by atoms with Crippen LogP contribution in [0.15, 0.2) is 29.1 Å². The first-order chi connectivity index (χ1) is 11.1. The Morgan fingerprint density at radius 3 is 3.00 bits per heavy atom. The summed E-state index contributed by atoms with van der Waals surface area (Å²) < 4.78 is 6.99. The maximum atomic E-state index is 12.6. The largest absolute Gasteiger partial charge is 0.469 e. The summed E-state index contributed by atoms with van der Waals surface area (Å²) in [6.07, 6.45) is 6.78. The number of aromatic nitrogens is 2. The van der Waals surface area contributed by atoms with Crippen molar-refractivity contribution in [2.45, 2.75) is 32.2 Å². The van der Waals surface area contributed by atoms with E-state index in [1.165, 1.54) is 6.26 Å². The lowest BCUT2D eigenvalue weighted by Crippen LogP contribution is -2.40. The second kappa shape index (κ2) is 6.28. The van der Waals surface area contributed by atoms with Gasteiger partial charge in [-0.3, -0.25) is 9.59 Å². The van der Waals surface area contributed by atoms with Crippen LogP contribution in [-0.4, -0.2) is 39.4 Å².